The normalized spacial score (nSPS) is 12.7. The molecule has 0 bridgehead atoms. The molecule has 0 saturated heterocycles. The average molecular weight is 195 g/mol. The number of carbonyl (C=O) groups is 1. The van der Waals surface area contributed by atoms with Crippen molar-refractivity contribution in [3.8, 4) is 18.4 Å². The first-order valence-corrected chi connectivity index (χ1v) is 4.49. The molecule has 0 heterocycles. The largest absolute Gasteiger partial charge is 0.480 e. The minimum Gasteiger partial charge on any atom is -0.480 e. The maximum atomic E-state index is 10.5. The second-order valence-electron chi connectivity index (χ2n) is 2.09. The number of terminal acetylenes is 1. The SMILES string of the molecule is C#CC(SC(C#N)=CCC)C(=O)O. The molecule has 3 nitrogen and oxygen atoms in total. The Kier molecular flexibility index (Phi) is 5.50. The third-order valence-corrected chi connectivity index (χ3v) is 2.21. The maximum absolute atomic E-state index is 10.5. The summed E-state index contributed by atoms with van der Waals surface area (Å²) in [4.78, 5) is 10.8. The zero-order chi connectivity index (χ0) is 10.3. The van der Waals surface area contributed by atoms with E-state index in [1.165, 1.54) is 0 Å². The number of hydrogen-bond acceptors (Lipinski definition) is 3. The standard InChI is InChI=1S/C9H9NO2S/c1-3-5-7(6-10)13-8(4-2)9(11)12/h2,5,8H,3H2,1H3,(H,11,12). The molecule has 13 heavy (non-hydrogen) atoms. The van der Waals surface area contributed by atoms with E-state index < -0.39 is 11.2 Å². The number of hydrogen-bond donors (Lipinski definition) is 1. The van der Waals surface area contributed by atoms with Gasteiger partial charge in [0, 0.05) is 0 Å². The molecule has 0 radical (unpaired) electrons. The van der Waals surface area contributed by atoms with Gasteiger partial charge in [0.2, 0.25) is 0 Å². The Labute approximate surface area is 81.4 Å². The molecular formula is C9H9NO2S. The van der Waals surface area contributed by atoms with Crippen LogP contribution < -0.4 is 0 Å². The van der Waals surface area contributed by atoms with E-state index >= 15 is 0 Å². The number of rotatable bonds is 4. The molecule has 0 aliphatic carbocycles. The monoisotopic (exact) mass is 195 g/mol. The van der Waals surface area contributed by atoms with Crippen LogP contribution >= 0.6 is 11.8 Å². The first-order valence-electron chi connectivity index (χ1n) is 3.61. The van der Waals surface area contributed by atoms with Gasteiger partial charge in [-0.1, -0.05) is 30.7 Å². The summed E-state index contributed by atoms with van der Waals surface area (Å²) >= 11 is 0.887. The molecule has 0 amide bonds. The van der Waals surface area contributed by atoms with Gasteiger partial charge in [-0.2, -0.15) is 5.26 Å². The molecule has 0 fully saturated rings. The van der Waals surface area contributed by atoms with E-state index in [4.69, 9.17) is 16.8 Å². The van der Waals surface area contributed by atoms with E-state index in [-0.39, 0.29) is 0 Å². The fourth-order valence-electron chi connectivity index (χ4n) is 0.588. The molecule has 1 unspecified atom stereocenters. The van der Waals surface area contributed by atoms with Gasteiger partial charge < -0.3 is 5.11 Å². The van der Waals surface area contributed by atoms with Gasteiger partial charge in [0.05, 0.1) is 4.91 Å². The van der Waals surface area contributed by atoms with Gasteiger partial charge >= 0.3 is 5.97 Å². The maximum Gasteiger partial charge on any atom is 0.329 e. The van der Waals surface area contributed by atoms with Crippen LogP contribution in [-0.4, -0.2) is 16.3 Å². The summed E-state index contributed by atoms with van der Waals surface area (Å²) < 4.78 is 0. The fraction of sp³-hybridized carbons (Fsp3) is 0.333. The lowest BCUT2D eigenvalue weighted by molar-refractivity contribution is -0.135. The molecule has 0 rings (SSSR count). The van der Waals surface area contributed by atoms with Crippen molar-refractivity contribution in [2.45, 2.75) is 18.6 Å². The summed E-state index contributed by atoms with van der Waals surface area (Å²) in [7, 11) is 0. The summed E-state index contributed by atoms with van der Waals surface area (Å²) in [5.74, 6) is 1.00. The third-order valence-electron chi connectivity index (χ3n) is 1.12. The smallest absolute Gasteiger partial charge is 0.329 e. The molecule has 1 N–H and O–H groups in total. The van der Waals surface area contributed by atoms with Crippen LogP contribution in [0.4, 0.5) is 0 Å². The van der Waals surface area contributed by atoms with Crippen molar-refractivity contribution in [2.24, 2.45) is 0 Å². The Morgan fingerprint density at radius 3 is 2.77 bits per heavy atom. The van der Waals surface area contributed by atoms with Gasteiger partial charge in [-0.3, -0.25) is 0 Å². The third kappa shape index (κ3) is 4.25. The molecule has 0 aliphatic heterocycles. The van der Waals surface area contributed by atoms with Gasteiger partial charge in [0.15, 0.2) is 5.25 Å². The minimum absolute atomic E-state index is 0.354. The quantitative estimate of drug-likeness (QED) is 0.547. The average Bonchev–Trinajstić information content (AvgIpc) is 2.11. The molecule has 0 aromatic heterocycles. The van der Waals surface area contributed by atoms with Gasteiger partial charge in [-0.05, 0) is 6.42 Å². The van der Waals surface area contributed by atoms with Crippen molar-refractivity contribution >= 4 is 17.7 Å². The van der Waals surface area contributed by atoms with E-state index in [0.717, 1.165) is 11.8 Å². The Morgan fingerprint density at radius 1 is 1.85 bits per heavy atom. The molecule has 0 spiro atoms. The highest BCUT2D eigenvalue weighted by Gasteiger charge is 2.16. The van der Waals surface area contributed by atoms with Crippen LogP contribution in [0.5, 0.6) is 0 Å². The molecule has 0 aromatic carbocycles. The number of aliphatic carboxylic acids is 1. The second-order valence-corrected chi connectivity index (χ2v) is 3.24. The van der Waals surface area contributed by atoms with Crippen LogP contribution in [0.3, 0.4) is 0 Å². The molecule has 0 aromatic rings. The number of nitrogens with zero attached hydrogens (tertiary/aromatic N) is 1. The highest BCUT2D eigenvalue weighted by Crippen LogP contribution is 2.21. The van der Waals surface area contributed by atoms with Gasteiger partial charge in [-0.15, -0.1) is 6.42 Å². The molecule has 0 aliphatic rings. The highest BCUT2D eigenvalue weighted by molar-refractivity contribution is 8.04. The summed E-state index contributed by atoms with van der Waals surface area (Å²) in [6, 6.07) is 1.89. The first-order chi connectivity index (χ1) is 6.15. The summed E-state index contributed by atoms with van der Waals surface area (Å²) in [6.07, 6.45) is 7.32. The van der Waals surface area contributed by atoms with Crippen LogP contribution in [0.15, 0.2) is 11.0 Å². The number of carboxylic acids is 1. The molecule has 68 valence electrons. The van der Waals surface area contributed by atoms with Crippen LogP contribution in [0, 0.1) is 23.7 Å². The Balaban J connectivity index is 4.42. The molecule has 1 atom stereocenters. The van der Waals surface area contributed by atoms with Crippen LogP contribution in [0.25, 0.3) is 0 Å². The van der Waals surface area contributed by atoms with E-state index in [1.807, 2.05) is 13.0 Å². The Bertz CT molecular complexity index is 296. The molecular weight excluding hydrogens is 186 g/mol. The van der Waals surface area contributed by atoms with E-state index in [0.29, 0.717) is 11.3 Å². The highest BCUT2D eigenvalue weighted by atomic mass is 32.2. The van der Waals surface area contributed by atoms with Crippen LogP contribution in [0.1, 0.15) is 13.3 Å². The van der Waals surface area contributed by atoms with Crippen molar-refractivity contribution in [3.05, 3.63) is 11.0 Å². The van der Waals surface area contributed by atoms with Crippen molar-refractivity contribution in [1.82, 2.24) is 0 Å². The topological polar surface area (TPSA) is 61.1 Å². The van der Waals surface area contributed by atoms with E-state index in [2.05, 4.69) is 5.92 Å². The number of allylic oxidation sites excluding steroid dienone is 2. The number of thioether (sulfide) groups is 1. The predicted octanol–water partition coefficient (Wildman–Crippen LogP) is 1.62. The first kappa shape index (κ1) is 11.6. The summed E-state index contributed by atoms with van der Waals surface area (Å²) in [5, 5.41) is 16.2. The lowest BCUT2D eigenvalue weighted by Gasteiger charge is -2.02. The van der Waals surface area contributed by atoms with Crippen molar-refractivity contribution in [2.75, 3.05) is 0 Å². The van der Waals surface area contributed by atoms with Gasteiger partial charge in [0.25, 0.3) is 0 Å². The van der Waals surface area contributed by atoms with E-state index in [9.17, 15) is 4.79 Å². The van der Waals surface area contributed by atoms with Crippen LogP contribution in [0.2, 0.25) is 0 Å². The summed E-state index contributed by atoms with van der Waals surface area (Å²) in [5.41, 5.74) is 0. The number of nitriles is 1. The van der Waals surface area contributed by atoms with Crippen molar-refractivity contribution in [3.63, 3.8) is 0 Å². The zero-order valence-electron chi connectivity index (χ0n) is 7.15. The fourth-order valence-corrected chi connectivity index (χ4v) is 1.33. The zero-order valence-corrected chi connectivity index (χ0v) is 7.97. The van der Waals surface area contributed by atoms with Gasteiger partial charge in [0.1, 0.15) is 6.07 Å². The lowest BCUT2D eigenvalue weighted by atomic mass is 10.4. The van der Waals surface area contributed by atoms with E-state index in [1.54, 1.807) is 6.08 Å². The van der Waals surface area contributed by atoms with Crippen molar-refractivity contribution < 1.29 is 9.90 Å². The molecule has 0 saturated carbocycles. The lowest BCUT2D eigenvalue weighted by Crippen LogP contribution is -2.13. The second kappa shape index (κ2) is 6.16. The molecule has 4 heteroatoms. The van der Waals surface area contributed by atoms with Crippen molar-refractivity contribution in [1.29, 1.82) is 5.26 Å². The summed E-state index contributed by atoms with van der Waals surface area (Å²) in [6.45, 7) is 1.86. The predicted molar refractivity (Wildman–Crippen MR) is 51.8 cm³/mol. The van der Waals surface area contributed by atoms with Gasteiger partial charge in [-0.25, -0.2) is 4.79 Å². The van der Waals surface area contributed by atoms with Crippen LogP contribution in [-0.2, 0) is 4.79 Å². The Hall–Kier alpha value is -1.39. The Morgan fingerprint density at radius 2 is 2.46 bits per heavy atom. The minimum atomic E-state index is -1.09. The number of carboxylic acid groups (broad SMARTS) is 1.